The van der Waals surface area contributed by atoms with E-state index >= 15 is 0 Å². The number of amides is 1. The van der Waals surface area contributed by atoms with Crippen LogP contribution in [-0.2, 0) is 16.1 Å². The van der Waals surface area contributed by atoms with E-state index in [0.717, 1.165) is 16.5 Å². The minimum atomic E-state index is -0.942. The monoisotopic (exact) mass is 382 g/mol. The van der Waals surface area contributed by atoms with Crippen molar-refractivity contribution in [2.75, 3.05) is 14.2 Å². The molecule has 0 spiro atoms. The maximum Gasteiger partial charge on any atom is 0.355 e. The Bertz CT molecular complexity index is 995. The van der Waals surface area contributed by atoms with E-state index in [-0.39, 0.29) is 12.2 Å². The van der Waals surface area contributed by atoms with Gasteiger partial charge in [-0.1, -0.05) is 18.2 Å². The lowest BCUT2D eigenvalue weighted by atomic mass is 10.2. The lowest BCUT2D eigenvalue weighted by Crippen LogP contribution is -2.35. The third kappa shape index (κ3) is 4.25. The molecule has 3 aromatic rings. The summed E-state index contributed by atoms with van der Waals surface area (Å²) in [6, 6.07) is 14.5. The Morgan fingerprint density at radius 2 is 1.86 bits per heavy atom. The number of aromatic amines is 1. The van der Waals surface area contributed by atoms with Gasteiger partial charge in [-0.05, 0) is 31.2 Å². The van der Waals surface area contributed by atoms with Crippen molar-refractivity contribution in [3.8, 4) is 11.5 Å². The van der Waals surface area contributed by atoms with Crippen molar-refractivity contribution < 1.29 is 23.8 Å². The van der Waals surface area contributed by atoms with Crippen LogP contribution in [0.5, 0.6) is 11.5 Å². The van der Waals surface area contributed by atoms with Crippen molar-refractivity contribution in [2.45, 2.75) is 19.6 Å². The Kier molecular flexibility index (Phi) is 5.84. The normalized spacial score (nSPS) is 11.7. The molecule has 0 radical (unpaired) electrons. The first-order valence-electron chi connectivity index (χ1n) is 8.79. The topological polar surface area (TPSA) is 89.7 Å². The van der Waals surface area contributed by atoms with Crippen LogP contribution in [0.3, 0.4) is 0 Å². The van der Waals surface area contributed by atoms with Crippen molar-refractivity contribution in [3.63, 3.8) is 0 Å². The fourth-order valence-electron chi connectivity index (χ4n) is 2.80. The molecule has 0 saturated heterocycles. The zero-order valence-corrected chi connectivity index (χ0v) is 15.9. The summed E-state index contributed by atoms with van der Waals surface area (Å²) in [6.07, 6.45) is -0.942. The summed E-state index contributed by atoms with van der Waals surface area (Å²) in [6.45, 7) is 1.80. The molecule has 0 bridgehead atoms. The van der Waals surface area contributed by atoms with Crippen LogP contribution in [0.1, 0.15) is 23.0 Å². The number of para-hydroxylation sites is 1. The first kappa shape index (κ1) is 19.3. The van der Waals surface area contributed by atoms with E-state index in [2.05, 4.69) is 10.3 Å². The lowest BCUT2D eigenvalue weighted by molar-refractivity contribution is -0.129. The van der Waals surface area contributed by atoms with E-state index in [0.29, 0.717) is 11.5 Å². The molecular weight excluding hydrogens is 360 g/mol. The van der Waals surface area contributed by atoms with E-state index in [9.17, 15) is 9.59 Å². The number of carbonyl (C=O) groups excluding carboxylic acids is 2. The summed E-state index contributed by atoms with van der Waals surface area (Å²) in [5, 5.41) is 3.60. The third-order valence-corrected chi connectivity index (χ3v) is 4.35. The van der Waals surface area contributed by atoms with Gasteiger partial charge in [-0.15, -0.1) is 0 Å². The van der Waals surface area contributed by atoms with Gasteiger partial charge in [0.05, 0.1) is 14.2 Å². The number of hydrogen-bond donors (Lipinski definition) is 2. The fourth-order valence-corrected chi connectivity index (χ4v) is 2.80. The van der Waals surface area contributed by atoms with Crippen LogP contribution in [0.25, 0.3) is 10.9 Å². The number of fused-ring (bicyclic) bond motifs is 1. The molecule has 146 valence electrons. The lowest BCUT2D eigenvalue weighted by Gasteiger charge is -2.14. The van der Waals surface area contributed by atoms with Crippen molar-refractivity contribution >= 4 is 22.8 Å². The van der Waals surface area contributed by atoms with E-state index in [4.69, 9.17) is 14.2 Å². The highest BCUT2D eigenvalue weighted by Crippen LogP contribution is 2.22. The molecule has 1 atom stereocenters. The van der Waals surface area contributed by atoms with Crippen LogP contribution in [0, 0.1) is 0 Å². The highest BCUT2D eigenvalue weighted by Gasteiger charge is 2.20. The molecule has 0 fully saturated rings. The molecule has 7 heteroatoms. The molecule has 1 heterocycles. The van der Waals surface area contributed by atoms with Gasteiger partial charge in [0.15, 0.2) is 6.10 Å². The Labute approximate surface area is 162 Å². The number of H-pyrrole nitrogens is 1. The van der Waals surface area contributed by atoms with Gasteiger partial charge in [-0.25, -0.2) is 4.79 Å². The summed E-state index contributed by atoms with van der Waals surface area (Å²) < 4.78 is 15.7. The highest BCUT2D eigenvalue weighted by molar-refractivity contribution is 5.96. The van der Waals surface area contributed by atoms with Gasteiger partial charge >= 0.3 is 5.97 Å². The minimum Gasteiger partial charge on any atom is -0.497 e. The van der Waals surface area contributed by atoms with Crippen LogP contribution in [0.2, 0.25) is 0 Å². The fraction of sp³-hybridized carbons (Fsp3) is 0.238. The number of nitrogens with one attached hydrogen (secondary N) is 2. The predicted molar refractivity (Wildman–Crippen MR) is 105 cm³/mol. The van der Waals surface area contributed by atoms with Crippen LogP contribution in [0.15, 0.2) is 48.5 Å². The van der Waals surface area contributed by atoms with Crippen molar-refractivity contribution in [1.29, 1.82) is 0 Å². The zero-order valence-electron chi connectivity index (χ0n) is 15.9. The Balaban J connectivity index is 1.61. The maximum atomic E-state index is 12.4. The second kappa shape index (κ2) is 8.47. The van der Waals surface area contributed by atoms with Gasteiger partial charge in [-0.2, -0.15) is 0 Å². The number of benzene rings is 2. The number of carbonyl (C=O) groups is 2. The summed E-state index contributed by atoms with van der Waals surface area (Å²) >= 11 is 0. The molecule has 1 unspecified atom stereocenters. The van der Waals surface area contributed by atoms with E-state index < -0.39 is 18.0 Å². The number of aromatic nitrogens is 1. The number of methoxy groups -OCH3 is 2. The molecule has 3 rings (SSSR count). The molecule has 0 aliphatic heterocycles. The van der Waals surface area contributed by atoms with Crippen molar-refractivity contribution in [2.24, 2.45) is 0 Å². The standard InChI is InChI=1S/C21H22N2O5/c1-13(20(24)22-12-15-6-4-5-7-19(15)27-3)28-21(25)18-10-14-8-9-16(26-2)11-17(14)23-18/h4-11,13,23H,12H2,1-3H3,(H,22,24). The van der Waals surface area contributed by atoms with Crippen molar-refractivity contribution in [1.82, 2.24) is 10.3 Å². The third-order valence-electron chi connectivity index (χ3n) is 4.35. The zero-order chi connectivity index (χ0) is 20.1. The van der Waals surface area contributed by atoms with Crippen LogP contribution in [-0.4, -0.2) is 37.2 Å². The Morgan fingerprint density at radius 3 is 2.61 bits per heavy atom. The van der Waals surface area contributed by atoms with Crippen molar-refractivity contribution in [3.05, 3.63) is 59.8 Å². The molecule has 1 aromatic heterocycles. The molecule has 0 aliphatic carbocycles. The molecule has 1 amide bonds. The minimum absolute atomic E-state index is 0.271. The Hall–Kier alpha value is -3.48. The average Bonchev–Trinajstić information content (AvgIpc) is 3.15. The van der Waals surface area contributed by atoms with Gasteiger partial charge in [0.1, 0.15) is 17.2 Å². The molecule has 28 heavy (non-hydrogen) atoms. The van der Waals surface area contributed by atoms with E-state index in [1.165, 1.54) is 6.92 Å². The molecule has 7 nitrogen and oxygen atoms in total. The van der Waals surface area contributed by atoms with Gasteiger partial charge < -0.3 is 24.5 Å². The van der Waals surface area contributed by atoms with Gasteiger partial charge in [0.2, 0.25) is 0 Å². The van der Waals surface area contributed by atoms with Crippen LogP contribution < -0.4 is 14.8 Å². The van der Waals surface area contributed by atoms with Gasteiger partial charge in [0, 0.05) is 29.1 Å². The summed E-state index contributed by atoms with van der Waals surface area (Å²) in [7, 11) is 3.14. The quantitative estimate of drug-likeness (QED) is 0.613. The SMILES string of the molecule is COc1ccc2cc(C(=O)OC(C)C(=O)NCc3ccccc3OC)[nH]c2c1. The van der Waals surface area contributed by atoms with Crippen LogP contribution in [0.4, 0.5) is 0 Å². The number of esters is 1. The van der Waals surface area contributed by atoms with Gasteiger partial charge in [0.25, 0.3) is 5.91 Å². The summed E-state index contributed by atoms with van der Waals surface area (Å²) in [4.78, 5) is 27.6. The second-order valence-electron chi connectivity index (χ2n) is 6.21. The molecular formula is C21H22N2O5. The number of hydrogen-bond acceptors (Lipinski definition) is 5. The summed E-state index contributed by atoms with van der Waals surface area (Å²) in [5.74, 6) is 0.367. The maximum absolute atomic E-state index is 12.4. The first-order chi connectivity index (χ1) is 13.5. The van der Waals surface area contributed by atoms with Crippen LogP contribution >= 0.6 is 0 Å². The largest absolute Gasteiger partial charge is 0.497 e. The predicted octanol–water partition coefficient (Wildman–Crippen LogP) is 3.05. The number of ether oxygens (including phenoxy) is 3. The number of rotatable bonds is 7. The smallest absolute Gasteiger partial charge is 0.355 e. The Morgan fingerprint density at radius 1 is 1.07 bits per heavy atom. The second-order valence-corrected chi connectivity index (χ2v) is 6.21. The molecule has 0 saturated carbocycles. The summed E-state index contributed by atoms with van der Waals surface area (Å²) in [5.41, 5.74) is 1.86. The highest BCUT2D eigenvalue weighted by atomic mass is 16.5. The molecule has 2 aromatic carbocycles. The average molecular weight is 382 g/mol. The van der Waals surface area contributed by atoms with E-state index in [1.54, 1.807) is 32.4 Å². The first-order valence-corrected chi connectivity index (χ1v) is 8.79. The molecule has 0 aliphatic rings. The van der Waals surface area contributed by atoms with Gasteiger partial charge in [-0.3, -0.25) is 4.79 Å². The van der Waals surface area contributed by atoms with E-state index in [1.807, 2.05) is 30.3 Å². The molecule has 2 N–H and O–H groups in total.